The van der Waals surface area contributed by atoms with Crippen LogP contribution in [0.2, 0.25) is 0 Å². The van der Waals surface area contributed by atoms with E-state index in [0.717, 1.165) is 22.5 Å². The van der Waals surface area contributed by atoms with Crippen LogP contribution in [-0.4, -0.2) is 105 Å². The number of hydrazine groups is 1. The van der Waals surface area contributed by atoms with Gasteiger partial charge in [0.1, 0.15) is 17.8 Å². The number of benzene rings is 2. The third-order valence-electron chi connectivity index (χ3n) is 10.3. The van der Waals surface area contributed by atoms with Gasteiger partial charge in [-0.2, -0.15) is 0 Å². The van der Waals surface area contributed by atoms with Gasteiger partial charge < -0.3 is 35.4 Å². The average Bonchev–Trinajstić information content (AvgIpc) is 3.51. The average molecular weight is 760 g/mol. The quantitative estimate of drug-likeness (QED) is 0.105. The highest BCUT2D eigenvalue weighted by Gasteiger charge is 2.41. The molecule has 0 bridgehead atoms. The van der Waals surface area contributed by atoms with E-state index in [9.17, 15) is 29.4 Å². The minimum atomic E-state index is -1.32. The number of aryl methyl sites for hydroxylation is 1. The predicted molar refractivity (Wildman–Crippen MR) is 209 cm³/mol. The number of methoxy groups -OCH3 is 1. The van der Waals surface area contributed by atoms with Gasteiger partial charge in [-0.05, 0) is 60.6 Å². The number of carbonyl (C=O) groups excluding carboxylic acids is 3. The molecule has 14 nitrogen and oxygen atoms in total. The summed E-state index contributed by atoms with van der Waals surface area (Å²) >= 11 is 0. The molecule has 5 N–H and O–H groups in total. The number of aromatic nitrogens is 1. The second-order valence-electron chi connectivity index (χ2n) is 14.4. The molecule has 4 rings (SSSR count). The van der Waals surface area contributed by atoms with E-state index in [2.05, 4.69) is 21.0 Å². The second kappa shape index (κ2) is 20.5. The summed E-state index contributed by atoms with van der Waals surface area (Å²) in [6.07, 6.45) is -1.10. The molecule has 1 aliphatic rings. The summed E-state index contributed by atoms with van der Waals surface area (Å²) < 4.78 is 5.30. The molecule has 14 heteroatoms. The Morgan fingerprint density at radius 2 is 1.58 bits per heavy atom. The fourth-order valence-corrected chi connectivity index (χ4v) is 6.75. The van der Waals surface area contributed by atoms with E-state index in [1.807, 2.05) is 88.4 Å². The van der Waals surface area contributed by atoms with Crippen molar-refractivity contribution in [2.24, 2.45) is 11.8 Å². The third-order valence-corrected chi connectivity index (χ3v) is 10.3. The molecular formula is C41H57N7O7. The number of amides is 5. The van der Waals surface area contributed by atoms with Crippen LogP contribution in [0.1, 0.15) is 63.1 Å². The Balaban J connectivity index is 1.60. The summed E-state index contributed by atoms with van der Waals surface area (Å²) in [5.74, 6) is -0.818. The van der Waals surface area contributed by atoms with E-state index in [-0.39, 0.29) is 43.3 Å². The van der Waals surface area contributed by atoms with E-state index >= 15 is 0 Å². The molecule has 1 aliphatic heterocycles. The van der Waals surface area contributed by atoms with Crippen molar-refractivity contribution in [3.63, 3.8) is 0 Å². The number of rotatable bonds is 20. The van der Waals surface area contributed by atoms with E-state index in [4.69, 9.17) is 4.74 Å². The van der Waals surface area contributed by atoms with Crippen LogP contribution in [0.4, 0.5) is 9.59 Å². The number of hydrogen-bond donors (Lipinski definition) is 5. The molecule has 0 saturated carbocycles. The normalized spacial score (nSPS) is 16.2. The number of aliphatic hydroxyl groups excluding tert-OH is 1. The molecule has 1 unspecified atom stereocenters. The number of carboxylic acid groups (broad SMARTS) is 1. The molecular weight excluding hydrogens is 702 g/mol. The number of pyridine rings is 1. The smallest absolute Gasteiger partial charge is 0.405 e. The molecule has 6 atom stereocenters. The monoisotopic (exact) mass is 759 g/mol. The Hall–Kier alpha value is -5.21. The largest absolute Gasteiger partial charge is 0.497 e. The van der Waals surface area contributed by atoms with Gasteiger partial charge in [-0.15, -0.1) is 0 Å². The molecule has 1 fully saturated rings. The first-order chi connectivity index (χ1) is 26.3. The molecule has 5 amide bonds. The number of carbonyl (C=O) groups is 4. The second-order valence-corrected chi connectivity index (χ2v) is 14.4. The minimum Gasteiger partial charge on any atom is -0.497 e. The topological polar surface area (TPSA) is 177 Å². The molecule has 1 aromatic heterocycles. The first kappa shape index (κ1) is 42.5. The van der Waals surface area contributed by atoms with Crippen LogP contribution >= 0.6 is 0 Å². The molecule has 298 valence electrons. The van der Waals surface area contributed by atoms with Gasteiger partial charge in [0.05, 0.1) is 31.5 Å². The Bertz CT molecular complexity index is 1710. The van der Waals surface area contributed by atoms with Crippen LogP contribution in [-0.2, 0) is 29.1 Å². The first-order valence-corrected chi connectivity index (χ1v) is 19.0. The first-order valence-electron chi connectivity index (χ1n) is 19.0. The summed E-state index contributed by atoms with van der Waals surface area (Å²) in [6.45, 7) is 10.6. The molecule has 0 aliphatic carbocycles. The number of nitrogens with zero attached hydrogens (tertiary/aromatic N) is 4. The maximum absolute atomic E-state index is 14.4. The lowest BCUT2D eigenvalue weighted by atomic mass is 9.95. The van der Waals surface area contributed by atoms with Crippen molar-refractivity contribution >= 4 is 23.9 Å². The van der Waals surface area contributed by atoms with Gasteiger partial charge in [0.2, 0.25) is 5.91 Å². The van der Waals surface area contributed by atoms with E-state index in [1.165, 1.54) is 5.01 Å². The number of urea groups is 1. The van der Waals surface area contributed by atoms with Crippen molar-refractivity contribution in [1.29, 1.82) is 0 Å². The van der Waals surface area contributed by atoms with Crippen LogP contribution in [0.5, 0.6) is 5.75 Å². The van der Waals surface area contributed by atoms with Gasteiger partial charge in [-0.25, -0.2) is 14.6 Å². The van der Waals surface area contributed by atoms with Gasteiger partial charge in [0, 0.05) is 31.9 Å². The van der Waals surface area contributed by atoms with Crippen molar-refractivity contribution in [2.75, 3.05) is 26.7 Å². The van der Waals surface area contributed by atoms with Gasteiger partial charge in [-0.3, -0.25) is 20.0 Å². The summed E-state index contributed by atoms with van der Waals surface area (Å²) in [6, 6.07) is 19.4. The van der Waals surface area contributed by atoms with E-state index in [0.29, 0.717) is 38.2 Å². The molecule has 0 spiro atoms. The van der Waals surface area contributed by atoms with Crippen LogP contribution in [0, 0.1) is 18.8 Å². The van der Waals surface area contributed by atoms with Gasteiger partial charge in [0.15, 0.2) is 0 Å². The SMILES string of the molecule is CCC(C)[C@H](NC(=O)O)C(=O)NN(Cc1ccc(OC)cc1)C[C@H](O)[C@H](Cc1ccccc1)NC(=O)[C@H]([C@@H](C)CC)N1CCN(Cc2cccc(C)n2)C1=O. The summed E-state index contributed by atoms with van der Waals surface area (Å²) in [4.78, 5) is 61.4. The maximum atomic E-state index is 14.4. The number of hydrogen-bond acceptors (Lipinski definition) is 8. The molecule has 55 heavy (non-hydrogen) atoms. The highest BCUT2D eigenvalue weighted by molar-refractivity contribution is 5.88. The van der Waals surface area contributed by atoms with Crippen LogP contribution in [0.3, 0.4) is 0 Å². The zero-order chi connectivity index (χ0) is 40.1. The van der Waals surface area contributed by atoms with Crippen molar-refractivity contribution in [2.45, 2.75) is 91.2 Å². The van der Waals surface area contributed by atoms with Crippen LogP contribution in [0.15, 0.2) is 72.8 Å². The minimum absolute atomic E-state index is 0.121. The van der Waals surface area contributed by atoms with Crippen molar-refractivity contribution in [1.82, 2.24) is 35.9 Å². The van der Waals surface area contributed by atoms with Crippen molar-refractivity contribution in [3.05, 3.63) is 95.3 Å². The fourth-order valence-electron chi connectivity index (χ4n) is 6.75. The number of ether oxygens (including phenoxy) is 1. The summed E-state index contributed by atoms with van der Waals surface area (Å²) in [7, 11) is 1.56. The van der Waals surface area contributed by atoms with Crippen LogP contribution in [0.25, 0.3) is 0 Å². The van der Waals surface area contributed by atoms with Crippen molar-refractivity contribution < 1.29 is 34.1 Å². The Morgan fingerprint density at radius 1 is 0.891 bits per heavy atom. The summed E-state index contributed by atoms with van der Waals surface area (Å²) in [5.41, 5.74) is 6.13. The molecule has 2 heterocycles. The van der Waals surface area contributed by atoms with Gasteiger partial charge in [0.25, 0.3) is 5.91 Å². The standard InChI is InChI=1S/C41H57N7O7/c1-7-27(3)36(44-40(52)53)38(50)45-47(24-31-17-19-33(55-6)20-18-31)26-35(49)34(23-30-14-10-9-11-15-30)43-39(51)37(28(4)8-2)48-22-21-46(41(48)54)25-32-16-12-13-29(5)42-32/h9-20,27-28,34-37,44,49H,7-8,21-26H2,1-6H3,(H,43,51)(H,45,50)(H,52,53)/t27?,28-,34-,35-,36-,37-/m0/s1. The lowest BCUT2D eigenvalue weighted by molar-refractivity contribution is -0.132. The van der Waals surface area contributed by atoms with E-state index < -0.39 is 36.2 Å². The maximum Gasteiger partial charge on any atom is 0.405 e. The predicted octanol–water partition coefficient (Wildman–Crippen LogP) is 4.36. The Morgan fingerprint density at radius 3 is 2.20 bits per heavy atom. The number of nitrogens with one attached hydrogen (secondary N) is 3. The zero-order valence-corrected chi connectivity index (χ0v) is 32.8. The Kier molecular flexibility index (Phi) is 15.8. The zero-order valence-electron chi connectivity index (χ0n) is 32.8. The molecule has 0 radical (unpaired) electrons. The van der Waals surface area contributed by atoms with E-state index in [1.54, 1.807) is 36.0 Å². The molecule has 2 aromatic carbocycles. The molecule has 1 saturated heterocycles. The van der Waals surface area contributed by atoms with Crippen molar-refractivity contribution in [3.8, 4) is 5.75 Å². The molecule has 3 aromatic rings. The van der Waals surface area contributed by atoms with Gasteiger partial charge in [-0.1, -0.05) is 89.1 Å². The number of aliphatic hydroxyl groups is 1. The summed E-state index contributed by atoms with van der Waals surface area (Å²) in [5, 5.41) is 28.5. The highest BCUT2D eigenvalue weighted by atomic mass is 16.5. The van der Waals surface area contributed by atoms with Gasteiger partial charge >= 0.3 is 12.1 Å². The lowest BCUT2D eigenvalue weighted by Gasteiger charge is -2.35. The third kappa shape index (κ3) is 12.1. The lowest BCUT2D eigenvalue weighted by Crippen LogP contribution is -2.59. The fraction of sp³-hybridized carbons (Fsp3) is 0.488. The van der Waals surface area contributed by atoms with Crippen LogP contribution < -0.4 is 20.8 Å². The Labute approximate surface area is 324 Å². The highest BCUT2D eigenvalue weighted by Crippen LogP contribution is 2.23.